The van der Waals surface area contributed by atoms with Crippen molar-refractivity contribution in [3.63, 3.8) is 0 Å². The van der Waals surface area contributed by atoms with Crippen LogP contribution in [-0.4, -0.2) is 17.1 Å². The Hall–Kier alpha value is -3.31. The molecule has 6 heteroatoms. The Labute approximate surface area is 173 Å². The second kappa shape index (κ2) is 8.37. The smallest absolute Gasteiger partial charge is 0.250 e. The van der Waals surface area contributed by atoms with E-state index in [4.69, 9.17) is 16.3 Å². The SMILES string of the molecule is O=C(/C=C/c1ccc2c(c1)CCO2)Nc1ccc(=O)n(Cc2ccccc2Cl)c1. The molecule has 1 amide bonds. The molecule has 0 saturated carbocycles. The first kappa shape index (κ1) is 19.0. The van der Waals surface area contributed by atoms with Crippen LogP contribution < -0.4 is 15.6 Å². The van der Waals surface area contributed by atoms with Crippen LogP contribution in [0.4, 0.5) is 5.69 Å². The maximum Gasteiger partial charge on any atom is 0.250 e. The van der Waals surface area contributed by atoms with Gasteiger partial charge >= 0.3 is 0 Å². The third-order valence-corrected chi connectivity index (χ3v) is 5.06. The van der Waals surface area contributed by atoms with E-state index in [1.54, 1.807) is 24.4 Å². The van der Waals surface area contributed by atoms with Crippen LogP contribution >= 0.6 is 11.6 Å². The average molecular weight is 407 g/mol. The van der Waals surface area contributed by atoms with Crippen LogP contribution in [0.15, 0.2) is 71.7 Å². The number of aromatic nitrogens is 1. The number of halogens is 1. The lowest BCUT2D eigenvalue weighted by atomic mass is 10.1. The molecule has 0 aliphatic carbocycles. The number of hydrogen-bond acceptors (Lipinski definition) is 3. The molecular formula is C23H19ClN2O3. The fraction of sp³-hybridized carbons (Fsp3) is 0.130. The van der Waals surface area contributed by atoms with Crippen LogP contribution in [0.3, 0.4) is 0 Å². The summed E-state index contributed by atoms with van der Waals surface area (Å²) in [7, 11) is 0. The molecule has 1 aromatic heterocycles. The minimum absolute atomic E-state index is 0.168. The van der Waals surface area contributed by atoms with E-state index in [0.717, 1.165) is 28.9 Å². The number of rotatable bonds is 5. The summed E-state index contributed by atoms with van der Waals surface area (Å²) in [5.41, 5.74) is 3.29. The van der Waals surface area contributed by atoms with Gasteiger partial charge in [-0.15, -0.1) is 0 Å². The first-order chi connectivity index (χ1) is 14.1. The van der Waals surface area contributed by atoms with Crippen molar-refractivity contribution in [3.05, 3.63) is 98.9 Å². The Bertz CT molecular complexity index is 1150. The predicted molar refractivity (Wildman–Crippen MR) is 115 cm³/mol. The Morgan fingerprint density at radius 2 is 2.03 bits per heavy atom. The second-order valence-electron chi connectivity index (χ2n) is 6.76. The Kier molecular flexibility index (Phi) is 5.49. The van der Waals surface area contributed by atoms with Gasteiger partial charge in [0.1, 0.15) is 5.75 Å². The molecular weight excluding hydrogens is 388 g/mol. The quantitative estimate of drug-likeness (QED) is 0.648. The van der Waals surface area contributed by atoms with Gasteiger partial charge in [-0.25, -0.2) is 0 Å². The lowest BCUT2D eigenvalue weighted by Gasteiger charge is -2.10. The van der Waals surface area contributed by atoms with Crippen molar-refractivity contribution in [1.29, 1.82) is 0 Å². The fourth-order valence-electron chi connectivity index (χ4n) is 3.21. The molecule has 1 N–H and O–H groups in total. The molecule has 0 unspecified atom stereocenters. The summed E-state index contributed by atoms with van der Waals surface area (Å²) < 4.78 is 7.00. The average Bonchev–Trinajstić information content (AvgIpc) is 3.18. The summed E-state index contributed by atoms with van der Waals surface area (Å²) in [6.45, 7) is 1.03. The van der Waals surface area contributed by atoms with E-state index in [0.29, 0.717) is 23.9 Å². The highest BCUT2D eigenvalue weighted by Crippen LogP contribution is 2.26. The summed E-state index contributed by atoms with van der Waals surface area (Å²) in [6.07, 6.45) is 5.73. The standard InChI is InChI=1S/C23H19ClN2O3/c24-20-4-2-1-3-18(20)14-26-15-19(7-10-23(26)28)25-22(27)9-6-16-5-8-21-17(13-16)11-12-29-21/h1-10,13,15H,11-12,14H2,(H,25,27)/b9-6+. The van der Waals surface area contributed by atoms with Crippen LogP contribution in [0.5, 0.6) is 5.75 Å². The van der Waals surface area contributed by atoms with E-state index in [-0.39, 0.29) is 11.5 Å². The second-order valence-corrected chi connectivity index (χ2v) is 7.17. The molecule has 0 fully saturated rings. The predicted octanol–water partition coefficient (Wildman–Crippen LogP) is 4.14. The molecule has 3 aromatic rings. The zero-order valence-electron chi connectivity index (χ0n) is 15.6. The number of pyridine rings is 1. The van der Waals surface area contributed by atoms with Gasteiger partial charge in [-0.3, -0.25) is 9.59 Å². The van der Waals surface area contributed by atoms with Gasteiger partial charge in [0.15, 0.2) is 0 Å². The highest BCUT2D eigenvalue weighted by atomic mass is 35.5. The first-order valence-electron chi connectivity index (χ1n) is 9.27. The molecule has 1 aliphatic heterocycles. The van der Waals surface area contributed by atoms with Crippen molar-refractivity contribution >= 4 is 29.3 Å². The minimum Gasteiger partial charge on any atom is -0.493 e. The highest BCUT2D eigenvalue weighted by Gasteiger charge is 2.11. The van der Waals surface area contributed by atoms with E-state index in [2.05, 4.69) is 5.32 Å². The lowest BCUT2D eigenvalue weighted by Crippen LogP contribution is -2.20. The minimum atomic E-state index is -0.273. The molecule has 4 rings (SSSR count). The van der Waals surface area contributed by atoms with Crippen molar-refractivity contribution in [1.82, 2.24) is 4.57 Å². The zero-order chi connectivity index (χ0) is 20.2. The van der Waals surface area contributed by atoms with Gasteiger partial charge in [0.2, 0.25) is 5.91 Å². The molecule has 29 heavy (non-hydrogen) atoms. The van der Waals surface area contributed by atoms with Crippen molar-refractivity contribution in [2.24, 2.45) is 0 Å². The number of amides is 1. The highest BCUT2D eigenvalue weighted by molar-refractivity contribution is 6.31. The van der Waals surface area contributed by atoms with E-state index < -0.39 is 0 Å². The molecule has 1 aliphatic rings. The van der Waals surface area contributed by atoms with Gasteiger partial charge < -0.3 is 14.6 Å². The molecule has 2 heterocycles. The van der Waals surface area contributed by atoms with Crippen LogP contribution in [0, 0.1) is 0 Å². The normalized spacial score (nSPS) is 12.6. The molecule has 0 radical (unpaired) electrons. The summed E-state index contributed by atoms with van der Waals surface area (Å²) in [4.78, 5) is 24.5. The van der Waals surface area contributed by atoms with Gasteiger partial charge in [-0.2, -0.15) is 0 Å². The number of hydrogen-bond donors (Lipinski definition) is 1. The van der Waals surface area contributed by atoms with Crippen molar-refractivity contribution < 1.29 is 9.53 Å². The topological polar surface area (TPSA) is 60.3 Å². The van der Waals surface area contributed by atoms with E-state index in [1.165, 1.54) is 16.7 Å². The Morgan fingerprint density at radius 1 is 1.17 bits per heavy atom. The maximum atomic E-state index is 12.3. The molecule has 5 nitrogen and oxygen atoms in total. The molecule has 0 saturated heterocycles. The molecule has 0 atom stereocenters. The van der Waals surface area contributed by atoms with Crippen molar-refractivity contribution in [2.45, 2.75) is 13.0 Å². The van der Waals surface area contributed by atoms with Gasteiger partial charge in [0.25, 0.3) is 5.56 Å². The Morgan fingerprint density at radius 3 is 2.90 bits per heavy atom. The molecule has 0 bridgehead atoms. The van der Waals surface area contributed by atoms with E-state index in [1.807, 2.05) is 36.4 Å². The van der Waals surface area contributed by atoms with Crippen molar-refractivity contribution in [2.75, 3.05) is 11.9 Å². The number of carbonyl (C=O) groups excluding carboxylic acids is 1. The monoisotopic (exact) mass is 406 g/mol. The maximum absolute atomic E-state index is 12.3. The van der Waals surface area contributed by atoms with E-state index >= 15 is 0 Å². The summed E-state index contributed by atoms with van der Waals surface area (Å²) in [6, 6.07) is 16.2. The number of anilines is 1. The fourth-order valence-corrected chi connectivity index (χ4v) is 3.40. The third-order valence-electron chi connectivity index (χ3n) is 4.69. The van der Waals surface area contributed by atoms with E-state index in [9.17, 15) is 9.59 Å². The van der Waals surface area contributed by atoms with Gasteiger partial charge in [0.05, 0.1) is 18.8 Å². The molecule has 0 spiro atoms. The van der Waals surface area contributed by atoms with Crippen LogP contribution in [0.1, 0.15) is 16.7 Å². The number of carbonyl (C=O) groups is 1. The summed E-state index contributed by atoms with van der Waals surface area (Å²) >= 11 is 6.18. The summed E-state index contributed by atoms with van der Waals surface area (Å²) in [5, 5.41) is 3.38. The first-order valence-corrected chi connectivity index (χ1v) is 9.65. The number of nitrogens with one attached hydrogen (secondary N) is 1. The largest absolute Gasteiger partial charge is 0.493 e. The van der Waals surface area contributed by atoms with Gasteiger partial charge in [-0.05, 0) is 47.0 Å². The molecule has 2 aromatic carbocycles. The number of benzene rings is 2. The summed E-state index contributed by atoms with van der Waals surface area (Å²) in [5.74, 6) is 0.636. The van der Waals surface area contributed by atoms with Crippen molar-refractivity contribution in [3.8, 4) is 5.75 Å². The van der Waals surface area contributed by atoms with Crippen LogP contribution in [-0.2, 0) is 17.8 Å². The number of fused-ring (bicyclic) bond motifs is 1. The number of nitrogens with zero attached hydrogens (tertiary/aromatic N) is 1. The molecule has 146 valence electrons. The van der Waals surface area contributed by atoms with Gasteiger partial charge in [-0.1, -0.05) is 35.9 Å². The van der Waals surface area contributed by atoms with Crippen LogP contribution in [0.25, 0.3) is 6.08 Å². The van der Waals surface area contributed by atoms with Gasteiger partial charge in [0, 0.05) is 29.8 Å². The lowest BCUT2D eigenvalue weighted by molar-refractivity contribution is -0.111. The Balaban J connectivity index is 1.45. The van der Waals surface area contributed by atoms with Crippen LogP contribution in [0.2, 0.25) is 5.02 Å². The zero-order valence-corrected chi connectivity index (χ0v) is 16.4. The third kappa shape index (κ3) is 4.58. The number of ether oxygens (including phenoxy) is 1.